The first-order chi connectivity index (χ1) is 33.3. The van der Waals surface area contributed by atoms with E-state index in [0.717, 1.165) is 69.5 Å². The van der Waals surface area contributed by atoms with Gasteiger partial charge in [0.15, 0.2) is 0 Å². The molecule has 9 heteroatoms. The summed E-state index contributed by atoms with van der Waals surface area (Å²) in [5, 5.41) is 11.8. The van der Waals surface area contributed by atoms with Gasteiger partial charge in [-0.05, 0) is 19.3 Å². The summed E-state index contributed by atoms with van der Waals surface area (Å²) in [7, 11) is 0. The number of rotatable bonds is 56. The SMILES string of the molecule is CCCCCCCCCCCCCCCCCCOC(=O)CC(SC[C@H](NC(=O)CCCCCCCCCCCCCCC)C(=O)O)C(=O)OCCCCCCCCCCCCCCCCCC. The minimum absolute atomic E-state index is 0.0368. The zero-order valence-corrected chi connectivity index (χ0v) is 46.1. The van der Waals surface area contributed by atoms with Crippen LogP contribution in [0.25, 0.3) is 0 Å². The molecule has 0 aromatic heterocycles. The Morgan fingerprint density at radius 1 is 0.397 bits per heavy atom. The van der Waals surface area contributed by atoms with Crippen LogP contribution in [0, 0.1) is 0 Å². The van der Waals surface area contributed by atoms with Crippen LogP contribution in [0.4, 0.5) is 0 Å². The van der Waals surface area contributed by atoms with Crippen LogP contribution in [0.15, 0.2) is 0 Å². The predicted octanol–water partition coefficient (Wildman–Crippen LogP) is 18.1. The summed E-state index contributed by atoms with van der Waals surface area (Å²) in [6.07, 6.45) is 56.5. The van der Waals surface area contributed by atoms with E-state index in [1.54, 1.807) is 0 Å². The van der Waals surface area contributed by atoms with Crippen LogP contribution in [0.1, 0.15) is 323 Å². The Labute approximate surface area is 425 Å². The van der Waals surface area contributed by atoms with Gasteiger partial charge >= 0.3 is 17.9 Å². The van der Waals surface area contributed by atoms with Gasteiger partial charge in [0.05, 0.1) is 19.6 Å². The van der Waals surface area contributed by atoms with Gasteiger partial charge in [-0.25, -0.2) is 4.79 Å². The molecule has 402 valence electrons. The lowest BCUT2D eigenvalue weighted by Gasteiger charge is -2.19. The van der Waals surface area contributed by atoms with E-state index >= 15 is 0 Å². The van der Waals surface area contributed by atoms with Crippen LogP contribution in [0.2, 0.25) is 0 Å². The van der Waals surface area contributed by atoms with Crippen molar-refractivity contribution >= 4 is 35.6 Å². The van der Waals surface area contributed by atoms with E-state index in [4.69, 9.17) is 9.47 Å². The Morgan fingerprint density at radius 2 is 0.676 bits per heavy atom. The smallest absolute Gasteiger partial charge is 0.327 e. The predicted molar refractivity (Wildman–Crippen MR) is 292 cm³/mol. The number of thioether (sulfide) groups is 1. The molecule has 1 amide bonds. The van der Waals surface area contributed by atoms with Gasteiger partial charge in [-0.3, -0.25) is 14.4 Å². The Morgan fingerprint density at radius 3 is 0.985 bits per heavy atom. The van der Waals surface area contributed by atoms with E-state index < -0.39 is 29.2 Å². The van der Waals surface area contributed by atoms with Crippen LogP contribution in [0.5, 0.6) is 0 Å². The van der Waals surface area contributed by atoms with Gasteiger partial charge in [-0.1, -0.05) is 290 Å². The highest BCUT2D eigenvalue weighted by atomic mass is 32.2. The van der Waals surface area contributed by atoms with Crippen LogP contribution in [-0.2, 0) is 28.7 Å². The van der Waals surface area contributed by atoms with Gasteiger partial charge in [0.2, 0.25) is 5.91 Å². The molecule has 8 nitrogen and oxygen atoms in total. The maximum absolute atomic E-state index is 13.3. The Bertz CT molecular complexity index is 1110. The highest BCUT2D eigenvalue weighted by Crippen LogP contribution is 2.21. The van der Waals surface area contributed by atoms with Crippen molar-refractivity contribution in [3.63, 3.8) is 0 Å². The molecule has 0 aliphatic rings. The van der Waals surface area contributed by atoms with Crippen molar-refractivity contribution in [3.8, 4) is 0 Å². The van der Waals surface area contributed by atoms with Gasteiger partial charge in [-0.15, -0.1) is 11.8 Å². The van der Waals surface area contributed by atoms with E-state index in [1.165, 1.54) is 231 Å². The second-order valence-corrected chi connectivity index (χ2v) is 21.7. The summed E-state index contributed by atoms with van der Waals surface area (Å²) in [6, 6.07) is -1.16. The molecule has 0 aliphatic carbocycles. The topological polar surface area (TPSA) is 119 Å². The molecule has 1 unspecified atom stereocenters. The first-order valence-electron chi connectivity index (χ1n) is 29.8. The lowest BCUT2D eigenvalue weighted by molar-refractivity contribution is -0.149. The van der Waals surface area contributed by atoms with E-state index in [1.807, 2.05) is 0 Å². The van der Waals surface area contributed by atoms with Gasteiger partial charge < -0.3 is 19.9 Å². The maximum atomic E-state index is 13.3. The van der Waals surface area contributed by atoms with Crippen molar-refractivity contribution in [1.29, 1.82) is 0 Å². The minimum atomic E-state index is -1.16. The normalized spacial score (nSPS) is 12.3. The number of carboxylic acids is 1. The summed E-state index contributed by atoms with van der Waals surface area (Å²) in [4.78, 5) is 51.3. The van der Waals surface area contributed by atoms with Crippen LogP contribution >= 0.6 is 11.8 Å². The molecular weight excluding hydrogens is 867 g/mol. The summed E-state index contributed by atoms with van der Waals surface area (Å²) in [5.41, 5.74) is 0. The third-order valence-electron chi connectivity index (χ3n) is 13.7. The number of aliphatic carboxylic acids is 1. The third-order valence-corrected chi connectivity index (χ3v) is 15.0. The third kappa shape index (κ3) is 49.2. The number of carboxylic acid groups (broad SMARTS) is 1. The number of unbranched alkanes of at least 4 members (excludes halogenated alkanes) is 42. The quantitative estimate of drug-likeness (QED) is 0.0457. The number of carbonyl (C=O) groups excluding carboxylic acids is 3. The first kappa shape index (κ1) is 66.2. The number of amides is 1. The number of ether oxygens (including phenoxy) is 2. The zero-order chi connectivity index (χ0) is 49.6. The fourth-order valence-electron chi connectivity index (χ4n) is 9.13. The van der Waals surface area contributed by atoms with Crippen molar-refractivity contribution in [1.82, 2.24) is 5.32 Å². The van der Waals surface area contributed by atoms with Crippen LogP contribution < -0.4 is 5.32 Å². The molecule has 0 saturated carbocycles. The molecule has 0 fully saturated rings. The fourth-order valence-corrected chi connectivity index (χ4v) is 10.2. The highest BCUT2D eigenvalue weighted by Gasteiger charge is 2.29. The Hall–Kier alpha value is -1.77. The van der Waals surface area contributed by atoms with Gasteiger partial charge in [-0.2, -0.15) is 0 Å². The summed E-state index contributed by atoms with van der Waals surface area (Å²) in [6.45, 7) is 7.39. The van der Waals surface area contributed by atoms with E-state index in [9.17, 15) is 24.3 Å². The molecule has 0 bridgehead atoms. The van der Waals surface area contributed by atoms with Crippen molar-refractivity contribution in [3.05, 3.63) is 0 Å². The molecule has 2 atom stereocenters. The molecule has 2 N–H and O–H groups in total. The lowest BCUT2D eigenvalue weighted by atomic mass is 10.0. The molecule has 0 aliphatic heterocycles. The summed E-state index contributed by atoms with van der Waals surface area (Å²) in [5.74, 6) is -2.46. The highest BCUT2D eigenvalue weighted by molar-refractivity contribution is 8.00. The van der Waals surface area contributed by atoms with Gasteiger partial charge in [0.1, 0.15) is 11.3 Å². The van der Waals surface area contributed by atoms with E-state index in [-0.39, 0.29) is 31.1 Å². The van der Waals surface area contributed by atoms with E-state index in [0.29, 0.717) is 6.61 Å². The number of hydrogen-bond acceptors (Lipinski definition) is 7. The molecule has 0 aromatic rings. The number of hydrogen-bond donors (Lipinski definition) is 2. The molecule has 0 saturated heterocycles. The van der Waals surface area contributed by atoms with Gasteiger partial charge in [0.25, 0.3) is 0 Å². The maximum Gasteiger partial charge on any atom is 0.327 e. The molecule has 0 rings (SSSR count). The minimum Gasteiger partial charge on any atom is -0.480 e. The van der Waals surface area contributed by atoms with Crippen LogP contribution in [-0.4, -0.2) is 59.2 Å². The standard InChI is InChI=1S/C59H113NO7S/c1-4-7-10-13-16-19-22-25-27-29-32-35-38-41-44-47-50-66-57(62)52-55(59(65)67-51-48-45-42-39-36-33-30-28-26-23-20-17-14-11-8-5-2)68-53-54(58(63)64)60-56(61)49-46-43-40-37-34-31-24-21-18-15-12-9-6-3/h54-55H,4-53H2,1-3H3,(H,60,61)(H,63,64)/t54-,55?/m0/s1. The van der Waals surface area contributed by atoms with Crippen molar-refractivity contribution in [2.45, 2.75) is 334 Å². The molecule has 0 radical (unpaired) electrons. The molecule has 0 aromatic carbocycles. The number of carbonyl (C=O) groups is 4. The molecular formula is C59H113NO7S. The van der Waals surface area contributed by atoms with Crippen molar-refractivity contribution in [2.75, 3.05) is 19.0 Å². The Kier molecular flexibility index (Phi) is 53.1. The lowest BCUT2D eigenvalue weighted by Crippen LogP contribution is -2.43. The Balaban J connectivity index is 4.60. The monoisotopic (exact) mass is 980 g/mol. The molecule has 0 spiro atoms. The second kappa shape index (κ2) is 54.6. The van der Waals surface area contributed by atoms with Crippen molar-refractivity contribution < 1.29 is 33.8 Å². The average Bonchev–Trinajstić information content (AvgIpc) is 3.33. The zero-order valence-electron chi connectivity index (χ0n) is 45.3. The van der Waals surface area contributed by atoms with Gasteiger partial charge in [0, 0.05) is 12.2 Å². The largest absolute Gasteiger partial charge is 0.480 e. The fraction of sp³-hybridized carbons (Fsp3) is 0.932. The summed E-state index contributed by atoms with van der Waals surface area (Å²) < 4.78 is 11.2. The number of esters is 2. The molecule has 0 heterocycles. The second-order valence-electron chi connectivity index (χ2n) is 20.5. The van der Waals surface area contributed by atoms with Crippen LogP contribution in [0.3, 0.4) is 0 Å². The summed E-state index contributed by atoms with van der Waals surface area (Å²) >= 11 is 1.07. The van der Waals surface area contributed by atoms with E-state index in [2.05, 4.69) is 26.1 Å². The first-order valence-corrected chi connectivity index (χ1v) is 30.9. The number of nitrogens with one attached hydrogen (secondary N) is 1. The van der Waals surface area contributed by atoms with Crippen molar-refractivity contribution in [2.24, 2.45) is 0 Å². The molecule has 68 heavy (non-hydrogen) atoms. The average molecular weight is 981 g/mol.